The Morgan fingerprint density at radius 3 is 2.16 bits per heavy atom. The number of ether oxygens (including phenoxy) is 4. The molecular formula is C41H38F3N5O8S. The van der Waals surface area contributed by atoms with Crippen LogP contribution < -0.4 is 19.5 Å². The zero-order chi connectivity index (χ0) is 41.7. The van der Waals surface area contributed by atoms with Crippen molar-refractivity contribution in [1.29, 1.82) is 0 Å². The lowest BCUT2D eigenvalue weighted by Crippen LogP contribution is -2.43. The van der Waals surface area contributed by atoms with Crippen LogP contribution in [0.1, 0.15) is 28.4 Å². The summed E-state index contributed by atoms with van der Waals surface area (Å²) in [6.45, 7) is 2.76. The predicted octanol–water partition coefficient (Wildman–Crippen LogP) is 6.59. The van der Waals surface area contributed by atoms with Crippen molar-refractivity contribution in [2.75, 3.05) is 32.7 Å². The van der Waals surface area contributed by atoms with Gasteiger partial charge in [0.15, 0.2) is 0 Å². The fourth-order valence-corrected chi connectivity index (χ4v) is 7.56. The maximum absolute atomic E-state index is 15.5. The molecule has 0 saturated carbocycles. The molecule has 58 heavy (non-hydrogen) atoms. The molecule has 6 rings (SSSR count). The number of halogens is 3. The lowest BCUT2D eigenvalue weighted by atomic mass is 9.94. The first-order valence-corrected chi connectivity index (χ1v) is 19.2. The quantitative estimate of drug-likeness (QED) is 0.0856. The third-order valence-electron chi connectivity index (χ3n) is 9.26. The molecule has 0 aliphatic heterocycles. The molecule has 2 aromatic heterocycles. The van der Waals surface area contributed by atoms with Crippen LogP contribution in [0, 0.1) is 17.6 Å². The molecule has 4 aromatic carbocycles. The lowest BCUT2D eigenvalue weighted by Gasteiger charge is -2.20. The summed E-state index contributed by atoms with van der Waals surface area (Å²) < 4.78 is 96.5. The van der Waals surface area contributed by atoms with Gasteiger partial charge in [-0.3, -0.25) is 14.2 Å². The van der Waals surface area contributed by atoms with Gasteiger partial charge in [-0.05, 0) is 71.6 Å². The topological polar surface area (TPSA) is 160 Å². The van der Waals surface area contributed by atoms with Crippen LogP contribution in [0.15, 0.2) is 90.1 Å². The van der Waals surface area contributed by atoms with Gasteiger partial charge in [0.05, 0.1) is 55.8 Å². The molecule has 2 heterocycles. The number of fused-ring (bicyclic) bond motifs is 1. The Kier molecular flexibility index (Phi) is 12.3. The number of nitrogens with zero attached hydrogens (tertiary/aromatic N) is 3. The van der Waals surface area contributed by atoms with E-state index in [0.29, 0.717) is 75.6 Å². The molecule has 2 N–H and O–H groups in total. The second-order valence-corrected chi connectivity index (χ2v) is 14.6. The van der Waals surface area contributed by atoms with Crippen molar-refractivity contribution in [2.24, 2.45) is 7.05 Å². The van der Waals surface area contributed by atoms with Gasteiger partial charge in [-0.2, -0.15) is 9.49 Å². The van der Waals surface area contributed by atoms with Crippen LogP contribution in [0.3, 0.4) is 0 Å². The Morgan fingerprint density at radius 2 is 1.55 bits per heavy atom. The SMILES string of the molecule is CCOCc1cc(OC)c(-c2ccc(C[C@@H](NC(=O)c3c(F)cc(NS(=O)(=O)c4ccc(-c5ccnc(F)c5)cc4)cc3F)C(=O)OC)c3cnn(C)c23)c(OC)c1. The standard InChI is InChI=1S/C41H38F3N5O8S/c1-6-57-22-23-15-34(54-3)37(35(16-23)55-4)29-12-9-26(30-21-46-49(2)39(29)30)17-33(41(51)56-5)47-40(50)38-31(42)19-27(20-32(38)43)48-58(52,53)28-10-7-24(8-11-28)25-13-14-45-36(44)18-25/h7-16,18-21,33,48H,6,17,22H2,1-5H3,(H,47,50)/t33-/m1/s1. The third-order valence-corrected chi connectivity index (χ3v) is 10.7. The molecular weight excluding hydrogens is 780 g/mol. The lowest BCUT2D eigenvalue weighted by molar-refractivity contribution is -0.142. The number of pyridine rings is 1. The molecule has 13 nitrogen and oxygen atoms in total. The zero-order valence-electron chi connectivity index (χ0n) is 31.9. The van der Waals surface area contributed by atoms with Crippen molar-refractivity contribution >= 4 is 38.5 Å². The average molecular weight is 818 g/mol. The summed E-state index contributed by atoms with van der Waals surface area (Å²) in [4.78, 5) is 29.7. The molecule has 0 saturated heterocycles. The Balaban J connectivity index is 1.24. The zero-order valence-corrected chi connectivity index (χ0v) is 32.7. The summed E-state index contributed by atoms with van der Waals surface area (Å²) in [7, 11) is 1.55. The summed E-state index contributed by atoms with van der Waals surface area (Å²) >= 11 is 0. The third kappa shape index (κ3) is 8.59. The number of anilines is 1. The van der Waals surface area contributed by atoms with Gasteiger partial charge >= 0.3 is 5.97 Å². The minimum absolute atomic E-state index is 0.168. The molecule has 1 atom stereocenters. The molecule has 0 aliphatic carbocycles. The number of sulfonamides is 1. The van der Waals surface area contributed by atoms with Crippen LogP contribution in [0.2, 0.25) is 0 Å². The van der Waals surface area contributed by atoms with Gasteiger partial charge in [-0.1, -0.05) is 24.3 Å². The van der Waals surface area contributed by atoms with Crippen LogP contribution in [0.4, 0.5) is 18.9 Å². The summed E-state index contributed by atoms with van der Waals surface area (Å²) in [5.74, 6) is -4.67. The Hall–Kier alpha value is -6.46. The molecule has 0 radical (unpaired) electrons. The number of methoxy groups -OCH3 is 3. The van der Waals surface area contributed by atoms with E-state index in [9.17, 15) is 22.4 Å². The predicted molar refractivity (Wildman–Crippen MR) is 208 cm³/mol. The number of benzene rings is 4. The highest BCUT2D eigenvalue weighted by Crippen LogP contribution is 2.43. The Morgan fingerprint density at radius 1 is 0.879 bits per heavy atom. The van der Waals surface area contributed by atoms with Gasteiger partial charge in [-0.15, -0.1) is 0 Å². The smallest absolute Gasteiger partial charge is 0.328 e. The van der Waals surface area contributed by atoms with Crippen LogP contribution in [0.25, 0.3) is 33.2 Å². The summed E-state index contributed by atoms with van der Waals surface area (Å²) in [5.41, 5.74) is 2.73. The fraction of sp³-hybridized carbons (Fsp3) is 0.220. The van der Waals surface area contributed by atoms with E-state index in [4.69, 9.17) is 18.9 Å². The number of carbonyl (C=O) groups excluding carboxylic acids is 2. The highest BCUT2D eigenvalue weighted by Gasteiger charge is 2.29. The van der Waals surface area contributed by atoms with Crippen molar-refractivity contribution in [3.05, 3.63) is 119 Å². The van der Waals surface area contributed by atoms with Gasteiger partial charge in [0.25, 0.3) is 15.9 Å². The number of carbonyl (C=O) groups is 2. The highest BCUT2D eigenvalue weighted by atomic mass is 32.2. The van der Waals surface area contributed by atoms with Crippen molar-refractivity contribution in [3.63, 3.8) is 0 Å². The van der Waals surface area contributed by atoms with E-state index in [-0.39, 0.29) is 11.3 Å². The van der Waals surface area contributed by atoms with Gasteiger partial charge < -0.3 is 24.3 Å². The highest BCUT2D eigenvalue weighted by molar-refractivity contribution is 7.92. The van der Waals surface area contributed by atoms with Gasteiger partial charge in [0, 0.05) is 43.3 Å². The van der Waals surface area contributed by atoms with Crippen LogP contribution in [-0.4, -0.2) is 69.0 Å². The molecule has 0 unspecified atom stereocenters. The van der Waals surface area contributed by atoms with E-state index >= 15 is 8.78 Å². The van der Waals surface area contributed by atoms with Crippen molar-refractivity contribution in [1.82, 2.24) is 20.1 Å². The first-order valence-electron chi connectivity index (χ1n) is 17.7. The van der Waals surface area contributed by atoms with E-state index < -0.39 is 56.8 Å². The number of esters is 1. The molecule has 6 aromatic rings. The molecule has 0 spiro atoms. The first-order chi connectivity index (χ1) is 27.8. The number of nitrogens with one attached hydrogen (secondary N) is 2. The van der Waals surface area contributed by atoms with Crippen molar-refractivity contribution in [3.8, 4) is 33.8 Å². The second-order valence-electron chi connectivity index (χ2n) is 12.9. The average Bonchev–Trinajstić information content (AvgIpc) is 3.60. The van der Waals surface area contributed by atoms with E-state index in [1.807, 2.05) is 19.1 Å². The van der Waals surface area contributed by atoms with Crippen LogP contribution in [-0.2, 0) is 44.4 Å². The minimum atomic E-state index is -4.36. The molecule has 0 aliphatic rings. The Labute approximate surface area is 331 Å². The molecule has 17 heteroatoms. The molecule has 0 bridgehead atoms. The number of hydrogen-bond acceptors (Lipinski definition) is 10. The number of rotatable bonds is 15. The van der Waals surface area contributed by atoms with E-state index in [2.05, 4.69) is 20.1 Å². The number of amides is 1. The van der Waals surface area contributed by atoms with Gasteiger partial charge in [0.2, 0.25) is 5.95 Å². The molecule has 1 amide bonds. The summed E-state index contributed by atoms with van der Waals surface area (Å²) in [6.07, 6.45) is 2.68. The summed E-state index contributed by atoms with van der Waals surface area (Å²) in [6, 6.07) is 15.1. The van der Waals surface area contributed by atoms with Gasteiger partial charge in [-0.25, -0.2) is 27.0 Å². The number of aromatic nitrogens is 3. The van der Waals surface area contributed by atoms with E-state index in [1.54, 1.807) is 36.1 Å². The number of aryl methyl sites for hydroxylation is 1. The first kappa shape index (κ1) is 41.2. The molecule has 0 fully saturated rings. The van der Waals surface area contributed by atoms with Crippen molar-refractivity contribution in [2.45, 2.75) is 30.9 Å². The summed E-state index contributed by atoms with van der Waals surface area (Å²) in [5, 5.41) is 7.40. The Bertz CT molecular complexity index is 2570. The van der Waals surface area contributed by atoms with Crippen LogP contribution in [0.5, 0.6) is 11.5 Å². The van der Waals surface area contributed by atoms with Gasteiger partial charge in [0.1, 0.15) is 34.7 Å². The fourth-order valence-electron chi connectivity index (χ4n) is 6.52. The normalized spacial score (nSPS) is 11.9. The maximum atomic E-state index is 15.5. The minimum Gasteiger partial charge on any atom is -0.496 e. The van der Waals surface area contributed by atoms with E-state index in [1.165, 1.54) is 50.7 Å². The van der Waals surface area contributed by atoms with E-state index in [0.717, 1.165) is 12.7 Å². The second kappa shape index (κ2) is 17.4. The maximum Gasteiger partial charge on any atom is 0.328 e. The number of hydrogen-bond donors (Lipinski definition) is 2. The largest absolute Gasteiger partial charge is 0.496 e. The van der Waals surface area contributed by atoms with Crippen LogP contribution >= 0.6 is 0 Å². The van der Waals surface area contributed by atoms with Crippen molar-refractivity contribution < 1.29 is 50.1 Å². The monoisotopic (exact) mass is 817 g/mol. The molecule has 302 valence electrons.